The van der Waals surface area contributed by atoms with Crippen LogP contribution >= 0.6 is 11.3 Å². The number of hydrogen-bond acceptors (Lipinski definition) is 2. The molecule has 108 valence electrons. The van der Waals surface area contributed by atoms with Gasteiger partial charge in [0, 0.05) is 11.4 Å². The van der Waals surface area contributed by atoms with Crippen molar-refractivity contribution in [2.24, 2.45) is 0 Å². The Morgan fingerprint density at radius 1 is 1.20 bits per heavy atom. The van der Waals surface area contributed by atoms with E-state index in [2.05, 4.69) is 29.8 Å². The van der Waals surface area contributed by atoms with Crippen molar-refractivity contribution in [2.75, 3.05) is 13.1 Å². The largest absolute Gasteiger partial charge is 0.316 e. The molecule has 0 aliphatic heterocycles. The molecule has 1 N–H and O–H groups in total. The average molecular weight is 291 g/mol. The Morgan fingerprint density at radius 2 is 2.00 bits per heavy atom. The van der Waals surface area contributed by atoms with Crippen LogP contribution in [0.15, 0.2) is 41.8 Å². The number of rotatable bonds is 8. The highest BCUT2D eigenvalue weighted by molar-refractivity contribution is 7.09. The fourth-order valence-corrected chi connectivity index (χ4v) is 3.07. The SMILES string of the molecule is CCCNCC(CCc1cccs1)c1ccc(F)cc1. The van der Waals surface area contributed by atoms with Crippen LogP contribution in [0.3, 0.4) is 0 Å². The molecule has 1 heterocycles. The van der Waals surface area contributed by atoms with Crippen LogP contribution in [-0.2, 0) is 6.42 Å². The maximum Gasteiger partial charge on any atom is 0.123 e. The molecule has 1 nitrogen and oxygen atoms in total. The van der Waals surface area contributed by atoms with E-state index >= 15 is 0 Å². The lowest BCUT2D eigenvalue weighted by atomic mass is 9.93. The van der Waals surface area contributed by atoms with E-state index in [9.17, 15) is 4.39 Å². The third-order valence-corrected chi connectivity index (χ3v) is 4.41. The number of benzene rings is 1. The summed E-state index contributed by atoms with van der Waals surface area (Å²) in [5.74, 6) is 0.288. The highest BCUT2D eigenvalue weighted by atomic mass is 32.1. The third-order valence-electron chi connectivity index (χ3n) is 3.48. The average Bonchev–Trinajstić information content (AvgIpc) is 2.97. The first-order valence-corrected chi connectivity index (χ1v) is 8.16. The molecule has 1 aromatic heterocycles. The van der Waals surface area contributed by atoms with Crippen LogP contribution in [0.4, 0.5) is 4.39 Å². The minimum absolute atomic E-state index is 0.160. The monoisotopic (exact) mass is 291 g/mol. The minimum Gasteiger partial charge on any atom is -0.316 e. The second kappa shape index (κ2) is 8.18. The Kier molecular flexibility index (Phi) is 6.22. The van der Waals surface area contributed by atoms with E-state index in [-0.39, 0.29) is 5.82 Å². The zero-order valence-corrected chi connectivity index (χ0v) is 12.8. The second-order valence-electron chi connectivity index (χ2n) is 5.07. The molecule has 0 aliphatic carbocycles. The Balaban J connectivity index is 1.97. The minimum atomic E-state index is -0.160. The molecule has 0 bridgehead atoms. The maximum atomic E-state index is 13.1. The van der Waals surface area contributed by atoms with E-state index in [1.165, 1.54) is 10.4 Å². The molecule has 3 heteroatoms. The first kappa shape index (κ1) is 15.2. The Hall–Kier alpha value is -1.19. The van der Waals surface area contributed by atoms with Crippen molar-refractivity contribution in [3.8, 4) is 0 Å². The highest BCUT2D eigenvalue weighted by Gasteiger charge is 2.12. The molecule has 0 fully saturated rings. The van der Waals surface area contributed by atoms with Crippen LogP contribution in [0, 0.1) is 5.82 Å². The van der Waals surface area contributed by atoms with E-state index in [0.717, 1.165) is 32.4 Å². The first-order valence-electron chi connectivity index (χ1n) is 7.28. The van der Waals surface area contributed by atoms with Gasteiger partial charge in [0.25, 0.3) is 0 Å². The van der Waals surface area contributed by atoms with E-state index in [4.69, 9.17) is 0 Å². The molecule has 0 amide bonds. The molecule has 20 heavy (non-hydrogen) atoms. The van der Waals surface area contributed by atoms with Gasteiger partial charge in [0.15, 0.2) is 0 Å². The number of hydrogen-bond donors (Lipinski definition) is 1. The lowest BCUT2D eigenvalue weighted by Crippen LogP contribution is -2.22. The molecule has 1 aromatic carbocycles. The molecule has 0 saturated heterocycles. The smallest absolute Gasteiger partial charge is 0.123 e. The summed E-state index contributed by atoms with van der Waals surface area (Å²) in [7, 11) is 0. The molecular weight excluding hydrogens is 269 g/mol. The van der Waals surface area contributed by atoms with Crippen molar-refractivity contribution in [1.82, 2.24) is 5.32 Å². The quantitative estimate of drug-likeness (QED) is 0.701. The topological polar surface area (TPSA) is 12.0 Å². The van der Waals surface area contributed by atoms with Crippen molar-refractivity contribution in [2.45, 2.75) is 32.1 Å². The predicted molar refractivity (Wildman–Crippen MR) is 84.9 cm³/mol. The van der Waals surface area contributed by atoms with Gasteiger partial charge in [-0.1, -0.05) is 25.1 Å². The molecular formula is C17H22FNS. The number of thiophene rings is 1. The van der Waals surface area contributed by atoms with Gasteiger partial charge >= 0.3 is 0 Å². The molecule has 0 spiro atoms. The number of nitrogens with one attached hydrogen (secondary N) is 1. The summed E-state index contributed by atoms with van der Waals surface area (Å²) in [6.45, 7) is 4.17. The van der Waals surface area contributed by atoms with E-state index in [1.54, 1.807) is 12.1 Å². The third kappa shape index (κ3) is 4.73. The maximum absolute atomic E-state index is 13.1. The summed E-state index contributed by atoms with van der Waals surface area (Å²) < 4.78 is 13.1. The van der Waals surface area contributed by atoms with Crippen molar-refractivity contribution >= 4 is 11.3 Å². The van der Waals surface area contributed by atoms with Crippen molar-refractivity contribution < 1.29 is 4.39 Å². The lowest BCUT2D eigenvalue weighted by molar-refractivity contribution is 0.548. The van der Waals surface area contributed by atoms with E-state index in [1.807, 2.05) is 23.5 Å². The first-order chi connectivity index (χ1) is 9.79. The second-order valence-corrected chi connectivity index (χ2v) is 6.10. The molecule has 1 unspecified atom stereocenters. The molecule has 2 aromatic rings. The van der Waals surface area contributed by atoms with Gasteiger partial charge in [-0.15, -0.1) is 11.3 Å². The summed E-state index contributed by atoms with van der Waals surface area (Å²) in [5, 5.41) is 5.61. The van der Waals surface area contributed by atoms with Crippen LogP contribution in [0.1, 0.15) is 36.1 Å². The standard InChI is InChI=1S/C17H22FNS/c1-2-11-19-13-15(7-10-17-4-3-12-20-17)14-5-8-16(18)9-6-14/h3-6,8-9,12,15,19H,2,7,10-11,13H2,1H3. The number of halogens is 1. The molecule has 0 radical (unpaired) electrons. The van der Waals surface area contributed by atoms with Gasteiger partial charge in [0.05, 0.1) is 0 Å². The summed E-state index contributed by atoms with van der Waals surface area (Å²) in [5.41, 5.74) is 1.23. The lowest BCUT2D eigenvalue weighted by Gasteiger charge is -2.18. The Morgan fingerprint density at radius 3 is 2.65 bits per heavy atom. The van der Waals surface area contributed by atoms with Crippen molar-refractivity contribution in [3.05, 3.63) is 58.0 Å². The van der Waals surface area contributed by atoms with Gasteiger partial charge in [0.2, 0.25) is 0 Å². The van der Waals surface area contributed by atoms with Crippen molar-refractivity contribution in [1.29, 1.82) is 0 Å². The van der Waals surface area contributed by atoms with Gasteiger partial charge in [-0.25, -0.2) is 4.39 Å². The molecule has 1 atom stereocenters. The van der Waals surface area contributed by atoms with Crippen LogP contribution in [0.2, 0.25) is 0 Å². The van der Waals surface area contributed by atoms with Crippen LogP contribution in [0.25, 0.3) is 0 Å². The molecule has 2 rings (SSSR count). The summed E-state index contributed by atoms with van der Waals surface area (Å²) in [6, 6.07) is 11.2. The normalized spacial score (nSPS) is 12.5. The zero-order chi connectivity index (χ0) is 14.2. The van der Waals surface area contributed by atoms with Gasteiger partial charge in [-0.05, 0) is 60.9 Å². The predicted octanol–water partition coefficient (Wildman–Crippen LogP) is 4.60. The molecule has 0 saturated carbocycles. The Bertz CT molecular complexity index is 478. The fourth-order valence-electron chi connectivity index (χ4n) is 2.35. The molecule has 0 aliphatic rings. The summed E-state index contributed by atoms with van der Waals surface area (Å²) in [4.78, 5) is 1.42. The van der Waals surface area contributed by atoms with Crippen LogP contribution in [0.5, 0.6) is 0 Å². The van der Waals surface area contributed by atoms with E-state index < -0.39 is 0 Å². The highest BCUT2D eigenvalue weighted by Crippen LogP contribution is 2.23. The zero-order valence-electron chi connectivity index (χ0n) is 11.9. The van der Waals surface area contributed by atoms with Gasteiger partial charge in [0.1, 0.15) is 5.82 Å². The van der Waals surface area contributed by atoms with Gasteiger partial charge in [-0.2, -0.15) is 0 Å². The van der Waals surface area contributed by atoms with Crippen LogP contribution < -0.4 is 5.32 Å². The van der Waals surface area contributed by atoms with Gasteiger partial charge in [-0.3, -0.25) is 0 Å². The van der Waals surface area contributed by atoms with E-state index in [0.29, 0.717) is 5.92 Å². The fraction of sp³-hybridized carbons (Fsp3) is 0.412. The Labute approximate surface area is 124 Å². The van der Waals surface area contributed by atoms with Crippen LogP contribution in [-0.4, -0.2) is 13.1 Å². The number of aryl methyl sites for hydroxylation is 1. The van der Waals surface area contributed by atoms with Gasteiger partial charge < -0.3 is 5.32 Å². The van der Waals surface area contributed by atoms with Crippen molar-refractivity contribution in [3.63, 3.8) is 0 Å². The summed E-state index contributed by atoms with van der Waals surface area (Å²) in [6.07, 6.45) is 3.33. The summed E-state index contributed by atoms with van der Waals surface area (Å²) >= 11 is 1.81.